The van der Waals surface area contributed by atoms with Gasteiger partial charge in [-0.25, -0.2) is 9.97 Å². The summed E-state index contributed by atoms with van der Waals surface area (Å²) in [6.45, 7) is 7.66. The molecule has 2 aromatic carbocycles. The third kappa shape index (κ3) is 8.73. The van der Waals surface area contributed by atoms with Crippen LogP contribution in [0.1, 0.15) is 33.5 Å². The molecule has 0 spiro atoms. The number of aromatic hydroxyl groups is 1. The summed E-state index contributed by atoms with van der Waals surface area (Å²) in [5.41, 5.74) is 6.07. The molecule has 7 nitrogen and oxygen atoms in total. The van der Waals surface area contributed by atoms with Crippen LogP contribution in [0.3, 0.4) is 0 Å². The Hall–Kier alpha value is -4.89. The van der Waals surface area contributed by atoms with Crippen LogP contribution in [0.2, 0.25) is 0 Å². The maximum absolute atomic E-state index is 12.5. The number of benzene rings is 2. The second kappa shape index (κ2) is 16.2. The fourth-order valence-corrected chi connectivity index (χ4v) is 7.07. The van der Waals surface area contributed by atoms with Gasteiger partial charge >= 0.3 is 12.4 Å². The summed E-state index contributed by atoms with van der Waals surface area (Å²) in [6.07, 6.45) is -4.20. The standard InChI is InChI=1S/2C14H8F3N2S.C10H10N2O.Ir/c2*1-8-6-20-13-11(8)12(18-7-19-13)9-2-4-10(5-3-9)14(15,16)17;1-6-3-4-11-10-8(13)5-7(2)12-9(6)10;/h2*2,4-7H,1H3;3-5H,1-2H3,(H,12,13);/q2*-1;;. The third-order valence-electron chi connectivity index (χ3n) is 7.90. The van der Waals surface area contributed by atoms with E-state index in [2.05, 4.69) is 42.0 Å². The van der Waals surface area contributed by atoms with Gasteiger partial charge in [-0.1, -0.05) is 0 Å². The predicted molar refractivity (Wildman–Crippen MR) is 194 cm³/mol. The van der Waals surface area contributed by atoms with Gasteiger partial charge in [0.2, 0.25) is 0 Å². The zero-order valence-electron chi connectivity index (χ0n) is 28.6. The molecule has 16 heteroatoms. The Balaban J connectivity index is 0.000000158. The van der Waals surface area contributed by atoms with Gasteiger partial charge in [0.25, 0.3) is 0 Å². The number of thiophene rings is 2. The van der Waals surface area contributed by atoms with Crippen LogP contribution in [-0.2, 0) is 32.5 Å². The molecule has 8 aromatic rings. The minimum atomic E-state index is -4.35. The molecule has 0 atom stereocenters. The molecule has 0 fully saturated rings. The van der Waals surface area contributed by atoms with Gasteiger partial charge in [0.05, 0.1) is 5.52 Å². The van der Waals surface area contributed by atoms with E-state index in [-0.39, 0.29) is 25.9 Å². The number of aromatic nitrogens is 6. The number of rotatable bonds is 2. The van der Waals surface area contributed by atoms with E-state index in [0.717, 1.165) is 72.6 Å². The van der Waals surface area contributed by atoms with E-state index < -0.39 is 23.5 Å². The van der Waals surface area contributed by atoms with Crippen molar-refractivity contribution in [1.82, 2.24) is 29.9 Å². The average Bonchev–Trinajstić information content (AvgIpc) is 3.70. The first-order valence-corrected chi connectivity index (χ1v) is 17.4. The van der Waals surface area contributed by atoms with E-state index in [0.29, 0.717) is 28.0 Å². The van der Waals surface area contributed by atoms with Crippen molar-refractivity contribution in [3.63, 3.8) is 0 Å². The van der Waals surface area contributed by atoms with Crippen molar-refractivity contribution in [2.24, 2.45) is 0 Å². The summed E-state index contributed by atoms with van der Waals surface area (Å²) in [4.78, 5) is 26.7. The second-order valence-electron chi connectivity index (χ2n) is 11.7. The molecule has 0 saturated heterocycles. The third-order valence-corrected chi connectivity index (χ3v) is 9.91. The van der Waals surface area contributed by atoms with Crippen LogP contribution in [0.4, 0.5) is 26.3 Å². The molecule has 54 heavy (non-hydrogen) atoms. The Morgan fingerprint density at radius 1 is 0.611 bits per heavy atom. The van der Waals surface area contributed by atoms with Crippen molar-refractivity contribution in [2.75, 3.05) is 0 Å². The van der Waals surface area contributed by atoms with E-state index in [9.17, 15) is 31.4 Å². The molecule has 0 bridgehead atoms. The zero-order chi connectivity index (χ0) is 38.1. The quantitative estimate of drug-likeness (QED) is 0.136. The van der Waals surface area contributed by atoms with Gasteiger partial charge < -0.3 is 5.11 Å². The van der Waals surface area contributed by atoms with Gasteiger partial charge in [0, 0.05) is 49.5 Å². The molecule has 279 valence electrons. The van der Waals surface area contributed by atoms with Crippen LogP contribution in [0, 0.1) is 39.8 Å². The first-order chi connectivity index (χ1) is 25.1. The van der Waals surface area contributed by atoms with Crippen LogP contribution in [0.15, 0.2) is 78.1 Å². The molecule has 8 rings (SSSR count). The summed E-state index contributed by atoms with van der Waals surface area (Å²) in [5, 5.41) is 15.2. The summed E-state index contributed by atoms with van der Waals surface area (Å²) < 4.78 is 75.3. The minimum Gasteiger partial charge on any atom is -0.506 e. The maximum atomic E-state index is 12.5. The number of alkyl halides is 6. The Morgan fingerprint density at radius 3 is 1.52 bits per heavy atom. The predicted octanol–water partition coefficient (Wildman–Crippen LogP) is 10.9. The number of hydrogen-bond donors (Lipinski definition) is 1. The molecule has 6 heterocycles. The molecule has 1 N–H and O–H groups in total. The smallest absolute Gasteiger partial charge is 0.381 e. The SMILES string of the molecule is Cc1cc(O)c2nccc(C)c2n1.Cc1csc2ncnc(-c3[c-]cc(C(F)(F)F)cc3)c12.Cc1csc2ncnc(-c3[c-]cc(C(F)(F)F)cc3)c12.[Ir]. The van der Waals surface area contributed by atoms with E-state index in [1.54, 1.807) is 12.3 Å². The normalized spacial score (nSPS) is 11.4. The Bertz CT molecular complexity index is 2420. The monoisotopic (exact) mass is 953 g/mol. The number of aryl methyl sites for hydroxylation is 4. The number of pyridine rings is 2. The first kappa shape index (κ1) is 40.3. The topological polar surface area (TPSA) is 97.6 Å². The number of halogens is 6. The van der Waals surface area contributed by atoms with Crippen molar-refractivity contribution < 1.29 is 51.6 Å². The summed E-state index contributed by atoms with van der Waals surface area (Å²) in [6, 6.07) is 15.6. The maximum Gasteiger partial charge on any atom is 0.381 e. The van der Waals surface area contributed by atoms with E-state index in [1.807, 2.05) is 44.5 Å². The van der Waals surface area contributed by atoms with Gasteiger partial charge in [-0.05, 0) is 83.1 Å². The molecule has 0 unspecified atom stereocenters. The first-order valence-electron chi connectivity index (χ1n) is 15.6. The van der Waals surface area contributed by atoms with Crippen LogP contribution in [0.5, 0.6) is 5.75 Å². The summed E-state index contributed by atoms with van der Waals surface area (Å²) in [5.74, 6) is 0.200. The number of hydrogen-bond acceptors (Lipinski definition) is 9. The number of fused-ring (bicyclic) bond motifs is 3. The number of nitrogens with zero attached hydrogens (tertiary/aromatic N) is 6. The van der Waals surface area contributed by atoms with Crippen molar-refractivity contribution >= 4 is 54.1 Å². The molecular weight excluding hydrogens is 927 g/mol. The molecule has 6 aromatic heterocycles. The van der Waals surface area contributed by atoms with Crippen molar-refractivity contribution in [1.29, 1.82) is 0 Å². The van der Waals surface area contributed by atoms with E-state index >= 15 is 0 Å². The van der Waals surface area contributed by atoms with Gasteiger partial charge in [0.15, 0.2) is 0 Å². The fraction of sp³-hybridized carbons (Fsp3) is 0.158. The second-order valence-corrected chi connectivity index (χ2v) is 13.4. The Kier molecular flexibility index (Phi) is 12.1. The van der Waals surface area contributed by atoms with Gasteiger partial charge in [-0.3, -0.25) is 19.9 Å². The van der Waals surface area contributed by atoms with Crippen LogP contribution in [-0.4, -0.2) is 35.0 Å². The van der Waals surface area contributed by atoms with Crippen molar-refractivity contribution in [3.05, 3.63) is 124 Å². The fourth-order valence-electron chi connectivity index (χ4n) is 5.29. The van der Waals surface area contributed by atoms with E-state index in [1.165, 1.54) is 47.5 Å². The largest absolute Gasteiger partial charge is 0.506 e. The Labute approximate surface area is 326 Å². The Morgan fingerprint density at radius 2 is 1.09 bits per heavy atom. The van der Waals surface area contributed by atoms with Crippen molar-refractivity contribution in [3.8, 4) is 28.3 Å². The minimum absolute atomic E-state index is 0. The summed E-state index contributed by atoms with van der Waals surface area (Å²) >= 11 is 2.97. The van der Waals surface area contributed by atoms with E-state index in [4.69, 9.17) is 0 Å². The molecular formula is C38H26F6IrN6OS2-2. The average molecular weight is 953 g/mol. The zero-order valence-corrected chi connectivity index (χ0v) is 32.6. The van der Waals surface area contributed by atoms with Crippen LogP contribution >= 0.6 is 22.7 Å². The van der Waals surface area contributed by atoms with Gasteiger partial charge in [0.1, 0.15) is 33.6 Å². The van der Waals surface area contributed by atoms with Crippen LogP contribution < -0.4 is 0 Å². The summed E-state index contributed by atoms with van der Waals surface area (Å²) in [7, 11) is 0. The van der Waals surface area contributed by atoms with Crippen molar-refractivity contribution in [2.45, 2.75) is 40.0 Å². The molecule has 0 aliphatic rings. The van der Waals surface area contributed by atoms with Gasteiger partial charge in [-0.15, -0.1) is 82.3 Å². The molecule has 0 amide bonds. The van der Waals surface area contributed by atoms with Gasteiger partial charge in [-0.2, -0.15) is 26.3 Å². The molecule has 0 aliphatic heterocycles. The molecule has 0 saturated carbocycles. The van der Waals surface area contributed by atoms with Crippen LogP contribution in [0.25, 0.3) is 54.0 Å². The molecule has 0 aliphatic carbocycles. The molecule has 1 radical (unpaired) electrons.